The van der Waals surface area contributed by atoms with E-state index < -0.39 is 0 Å². The van der Waals surface area contributed by atoms with Crippen molar-refractivity contribution in [3.8, 4) is 0 Å². The van der Waals surface area contributed by atoms with E-state index in [1.165, 1.54) is 17.7 Å². The zero-order valence-corrected chi connectivity index (χ0v) is 13.1. The predicted molar refractivity (Wildman–Crippen MR) is 83.6 cm³/mol. The average molecular weight is 263 g/mol. The van der Waals surface area contributed by atoms with Gasteiger partial charge in [-0.2, -0.15) is 0 Å². The van der Waals surface area contributed by atoms with Gasteiger partial charge in [-0.15, -0.1) is 0 Å². The Morgan fingerprint density at radius 1 is 1.32 bits per heavy atom. The maximum absolute atomic E-state index is 4.26. The molecule has 1 heterocycles. The predicted octanol–water partition coefficient (Wildman–Crippen LogP) is 3.45. The van der Waals surface area contributed by atoms with Crippen LogP contribution in [0.25, 0.3) is 0 Å². The van der Waals surface area contributed by atoms with Crippen molar-refractivity contribution in [3.63, 3.8) is 0 Å². The molecular weight excluding hydrogens is 234 g/mol. The van der Waals surface area contributed by atoms with Gasteiger partial charge in [0.05, 0.1) is 0 Å². The SMILES string of the molecule is CCCNCc1cnccc1N(C)C(C)CC(C)C. The highest BCUT2D eigenvalue weighted by molar-refractivity contribution is 5.52. The largest absolute Gasteiger partial charge is 0.372 e. The van der Waals surface area contributed by atoms with E-state index in [0.717, 1.165) is 25.4 Å². The van der Waals surface area contributed by atoms with Crippen molar-refractivity contribution in [2.45, 2.75) is 53.1 Å². The third-order valence-corrected chi connectivity index (χ3v) is 3.47. The fourth-order valence-corrected chi connectivity index (χ4v) is 2.38. The molecule has 1 aromatic heterocycles. The van der Waals surface area contributed by atoms with Crippen molar-refractivity contribution < 1.29 is 0 Å². The van der Waals surface area contributed by atoms with Gasteiger partial charge in [0.1, 0.15) is 0 Å². The summed E-state index contributed by atoms with van der Waals surface area (Å²) in [4.78, 5) is 6.64. The maximum Gasteiger partial charge on any atom is 0.0442 e. The van der Waals surface area contributed by atoms with Gasteiger partial charge in [-0.25, -0.2) is 0 Å². The monoisotopic (exact) mass is 263 g/mol. The van der Waals surface area contributed by atoms with Crippen molar-refractivity contribution in [2.24, 2.45) is 5.92 Å². The third-order valence-electron chi connectivity index (χ3n) is 3.47. The molecule has 0 fully saturated rings. The lowest BCUT2D eigenvalue weighted by Gasteiger charge is -2.30. The molecule has 0 bridgehead atoms. The topological polar surface area (TPSA) is 28.2 Å². The summed E-state index contributed by atoms with van der Waals surface area (Å²) in [7, 11) is 2.19. The van der Waals surface area contributed by atoms with Crippen molar-refractivity contribution in [1.82, 2.24) is 10.3 Å². The van der Waals surface area contributed by atoms with Crippen LogP contribution in [0, 0.1) is 5.92 Å². The van der Waals surface area contributed by atoms with E-state index in [-0.39, 0.29) is 0 Å². The molecule has 0 saturated heterocycles. The number of pyridine rings is 1. The Hall–Kier alpha value is -1.09. The molecule has 1 atom stereocenters. The van der Waals surface area contributed by atoms with Gasteiger partial charge >= 0.3 is 0 Å². The van der Waals surface area contributed by atoms with E-state index in [1.54, 1.807) is 0 Å². The molecule has 0 aliphatic carbocycles. The lowest BCUT2D eigenvalue weighted by atomic mass is 10.0. The van der Waals surface area contributed by atoms with Crippen LogP contribution in [0.5, 0.6) is 0 Å². The molecule has 108 valence electrons. The first-order chi connectivity index (χ1) is 9.06. The van der Waals surface area contributed by atoms with Gasteiger partial charge in [0.15, 0.2) is 0 Å². The summed E-state index contributed by atoms with van der Waals surface area (Å²) >= 11 is 0. The van der Waals surface area contributed by atoms with Crippen molar-refractivity contribution >= 4 is 5.69 Å². The van der Waals surface area contributed by atoms with Crippen LogP contribution in [-0.2, 0) is 6.54 Å². The molecule has 0 aliphatic rings. The fraction of sp³-hybridized carbons (Fsp3) is 0.688. The van der Waals surface area contributed by atoms with Crippen molar-refractivity contribution in [2.75, 3.05) is 18.5 Å². The fourth-order valence-electron chi connectivity index (χ4n) is 2.38. The van der Waals surface area contributed by atoms with Crippen molar-refractivity contribution in [3.05, 3.63) is 24.0 Å². The van der Waals surface area contributed by atoms with E-state index >= 15 is 0 Å². The van der Waals surface area contributed by atoms with Crippen LogP contribution in [-0.4, -0.2) is 24.6 Å². The number of nitrogens with zero attached hydrogens (tertiary/aromatic N) is 2. The number of aromatic nitrogens is 1. The lowest BCUT2D eigenvalue weighted by Crippen LogP contribution is -2.31. The summed E-state index contributed by atoms with van der Waals surface area (Å²) < 4.78 is 0. The molecule has 3 nitrogen and oxygen atoms in total. The summed E-state index contributed by atoms with van der Waals surface area (Å²) in [5, 5.41) is 3.46. The first-order valence-corrected chi connectivity index (χ1v) is 7.42. The van der Waals surface area contributed by atoms with Gasteiger partial charge in [0, 0.05) is 43.3 Å². The standard InChI is InChI=1S/C16H29N3/c1-6-8-17-11-15-12-18-9-7-16(15)19(5)14(4)10-13(2)3/h7,9,12-14,17H,6,8,10-11H2,1-5H3. The Balaban J connectivity index is 2.74. The summed E-state index contributed by atoms with van der Waals surface area (Å²) in [5.74, 6) is 0.723. The summed E-state index contributed by atoms with van der Waals surface area (Å²) in [5.41, 5.74) is 2.58. The number of rotatable bonds is 8. The van der Waals surface area contributed by atoms with Gasteiger partial charge in [0.25, 0.3) is 0 Å². The molecule has 0 amide bonds. The number of anilines is 1. The Kier molecular flexibility index (Phi) is 6.85. The molecule has 1 N–H and O–H groups in total. The van der Waals surface area contributed by atoms with E-state index in [2.05, 4.69) is 56.0 Å². The van der Waals surface area contributed by atoms with Gasteiger partial charge < -0.3 is 10.2 Å². The quantitative estimate of drug-likeness (QED) is 0.728. The first kappa shape index (κ1) is 16.0. The molecule has 0 radical (unpaired) electrons. The number of hydrogen-bond donors (Lipinski definition) is 1. The van der Waals surface area contributed by atoms with Crippen molar-refractivity contribution in [1.29, 1.82) is 0 Å². The zero-order chi connectivity index (χ0) is 14.3. The smallest absolute Gasteiger partial charge is 0.0442 e. The molecular formula is C16H29N3. The summed E-state index contributed by atoms with van der Waals surface area (Å²) in [6.07, 6.45) is 6.24. The molecule has 0 spiro atoms. The zero-order valence-electron chi connectivity index (χ0n) is 13.1. The third kappa shape index (κ3) is 5.19. The van der Waals surface area contributed by atoms with Crippen LogP contribution in [0.2, 0.25) is 0 Å². The second kappa shape index (κ2) is 8.16. The first-order valence-electron chi connectivity index (χ1n) is 7.42. The maximum atomic E-state index is 4.26. The highest BCUT2D eigenvalue weighted by atomic mass is 15.1. The molecule has 0 saturated carbocycles. The normalized spacial score (nSPS) is 12.7. The minimum Gasteiger partial charge on any atom is -0.372 e. The molecule has 1 rings (SSSR count). The van der Waals surface area contributed by atoms with Crippen LogP contribution < -0.4 is 10.2 Å². The van der Waals surface area contributed by atoms with Gasteiger partial charge in [-0.05, 0) is 38.3 Å². The molecule has 19 heavy (non-hydrogen) atoms. The second-order valence-electron chi connectivity index (χ2n) is 5.77. The molecule has 1 unspecified atom stereocenters. The minimum atomic E-state index is 0.548. The average Bonchev–Trinajstić information content (AvgIpc) is 2.38. The molecule has 0 aromatic carbocycles. The van der Waals surface area contributed by atoms with Gasteiger partial charge in [-0.1, -0.05) is 20.8 Å². The Bertz CT molecular complexity index is 363. The van der Waals surface area contributed by atoms with E-state index in [1.807, 2.05) is 12.4 Å². The Labute approximate surface area is 118 Å². The van der Waals surface area contributed by atoms with Crippen LogP contribution in [0.3, 0.4) is 0 Å². The van der Waals surface area contributed by atoms with Gasteiger partial charge in [0.2, 0.25) is 0 Å². The molecule has 3 heteroatoms. The van der Waals surface area contributed by atoms with E-state index in [9.17, 15) is 0 Å². The highest BCUT2D eigenvalue weighted by Crippen LogP contribution is 2.22. The highest BCUT2D eigenvalue weighted by Gasteiger charge is 2.14. The minimum absolute atomic E-state index is 0.548. The van der Waals surface area contributed by atoms with Crippen LogP contribution in [0.1, 0.15) is 46.1 Å². The molecule has 1 aromatic rings. The van der Waals surface area contributed by atoms with E-state index in [0.29, 0.717) is 6.04 Å². The molecule has 0 aliphatic heterocycles. The number of hydrogen-bond acceptors (Lipinski definition) is 3. The summed E-state index contributed by atoms with van der Waals surface area (Å²) in [6, 6.07) is 2.67. The number of nitrogens with one attached hydrogen (secondary N) is 1. The second-order valence-corrected chi connectivity index (χ2v) is 5.77. The van der Waals surface area contributed by atoms with Crippen LogP contribution >= 0.6 is 0 Å². The summed E-state index contributed by atoms with van der Waals surface area (Å²) in [6.45, 7) is 11.0. The van der Waals surface area contributed by atoms with Crippen LogP contribution in [0.15, 0.2) is 18.5 Å². The Morgan fingerprint density at radius 2 is 2.05 bits per heavy atom. The van der Waals surface area contributed by atoms with Gasteiger partial charge in [-0.3, -0.25) is 4.98 Å². The van der Waals surface area contributed by atoms with Crippen LogP contribution in [0.4, 0.5) is 5.69 Å². The Morgan fingerprint density at radius 3 is 2.68 bits per heavy atom. The van der Waals surface area contributed by atoms with E-state index in [4.69, 9.17) is 0 Å². The lowest BCUT2D eigenvalue weighted by molar-refractivity contribution is 0.503.